The van der Waals surface area contributed by atoms with E-state index in [9.17, 15) is 18.8 Å². The fourth-order valence-electron chi connectivity index (χ4n) is 3.63. The number of carbonyl (C=O) groups is 3. The smallest absolute Gasteiger partial charge is 0.272 e. The zero-order valence-electron chi connectivity index (χ0n) is 20.6. The lowest BCUT2D eigenvalue weighted by Gasteiger charge is -2.12. The summed E-state index contributed by atoms with van der Waals surface area (Å²) in [5, 5.41) is 5.49. The third kappa shape index (κ3) is 7.21. The largest absolute Gasteiger partial charge is 0.321 e. The van der Waals surface area contributed by atoms with Gasteiger partial charge in [0.2, 0.25) is 0 Å². The van der Waals surface area contributed by atoms with E-state index in [1.165, 1.54) is 18.2 Å². The van der Waals surface area contributed by atoms with Gasteiger partial charge in [0.05, 0.1) is 0 Å². The summed E-state index contributed by atoms with van der Waals surface area (Å²) < 4.78 is 13.0. The van der Waals surface area contributed by atoms with Crippen LogP contribution in [-0.2, 0) is 4.79 Å². The van der Waals surface area contributed by atoms with Gasteiger partial charge in [-0.25, -0.2) is 4.39 Å². The van der Waals surface area contributed by atoms with Gasteiger partial charge in [0.25, 0.3) is 11.8 Å². The molecule has 4 aromatic carbocycles. The molecule has 2 N–H and O–H groups in total. The maximum Gasteiger partial charge on any atom is 0.272 e. The number of benzene rings is 4. The average Bonchev–Trinajstić information content (AvgIpc) is 2.93. The summed E-state index contributed by atoms with van der Waals surface area (Å²) >= 11 is 0. The third-order valence-electron chi connectivity index (χ3n) is 5.61. The summed E-state index contributed by atoms with van der Waals surface area (Å²) in [5.74, 6) is -1.50. The topological polar surface area (TPSA) is 75.3 Å². The molecule has 0 unspecified atom stereocenters. The molecule has 0 radical (unpaired) electrons. The first-order chi connectivity index (χ1) is 18.4. The number of rotatable bonds is 8. The van der Waals surface area contributed by atoms with Crippen LogP contribution in [0.25, 0.3) is 12.2 Å². The molecule has 188 valence electrons. The Morgan fingerprint density at radius 2 is 1.45 bits per heavy atom. The Morgan fingerprint density at radius 1 is 0.737 bits per heavy atom. The van der Waals surface area contributed by atoms with Crippen molar-refractivity contribution in [3.63, 3.8) is 0 Å². The molecule has 4 rings (SSSR count). The van der Waals surface area contributed by atoms with Gasteiger partial charge in [-0.15, -0.1) is 0 Å². The fraction of sp³-hybridized carbons (Fsp3) is 0.0312. The Balaban J connectivity index is 1.49. The van der Waals surface area contributed by atoms with Gasteiger partial charge in [0, 0.05) is 16.8 Å². The number of anilines is 1. The van der Waals surface area contributed by atoms with Crippen molar-refractivity contribution < 1.29 is 18.8 Å². The van der Waals surface area contributed by atoms with Gasteiger partial charge in [-0.2, -0.15) is 0 Å². The normalized spacial score (nSPS) is 11.3. The van der Waals surface area contributed by atoms with Crippen molar-refractivity contribution in [2.45, 2.75) is 6.92 Å². The van der Waals surface area contributed by atoms with E-state index < -0.39 is 11.8 Å². The van der Waals surface area contributed by atoms with E-state index in [2.05, 4.69) is 10.6 Å². The van der Waals surface area contributed by atoms with Crippen molar-refractivity contribution in [1.82, 2.24) is 5.32 Å². The number of ketones is 1. The van der Waals surface area contributed by atoms with Crippen LogP contribution in [0.1, 0.15) is 37.4 Å². The molecule has 2 amide bonds. The number of hydrogen-bond acceptors (Lipinski definition) is 3. The Hall–Kier alpha value is -5.10. The zero-order chi connectivity index (χ0) is 26.9. The van der Waals surface area contributed by atoms with E-state index in [4.69, 9.17) is 0 Å². The standard InChI is InChI=1S/C32H25FN2O3/c1-22-6-5-7-24(20-22)21-29(35-31(37)26-8-3-2-4-9-26)32(38)34-28-17-13-25(14-18-28)30(36)19-12-23-10-15-27(33)16-11-23/h2-21H,1H3,(H,34,38)(H,35,37)/b19-12+,29-21-. The van der Waals surface area contributed by atoms with E-state index in [0.29, 0.717) is 22.4 Å². The van der Waals surface area contributed by atoms with Crippen LogP contribution < -0.4 is 10.6 Å². The van der Waals surface area contributed by atoms with Gasteiger partial charge < -0.3 is 10.6 Å². The molecule has 5 nitrogen and oxygen atoms in total. The van der Waals surface area contributed by atoms with E-state index in [0.717, 1.165) is 11.1 Å². The number of aryl methyl sites for hydroxylation is 1. The Labute approximate surface area is 220 Å². The van der Waals surface area contributed by atoms with Crippen LogP contribution in [0.5, 0.6) is 0 Å². The first kappa shape index (κ1) is 26.0. The molecule has 0 aliphatic heterocycles. The predicted molar refractivity (Wildman–Crippen MR) is 148 cm³/mol. The first-order valence-corrected chi connectivity index (χ1v) is 11.9. The molecular formula is C32H25FN2O3. The minimum Gasteiger partial charge on any atom is -0.321 e. The predicted octanol–water partition coefficient (Wildman–Crippen LogP) is 6.44. The van der Waals surface area contributed by atoms with Crippen molar-refractivity contribution in [2.24, 2.45) is 0 Å². The van der Waals surface area contributed by atoms with Crippen molar-refractivity contribution in [3.05, 3.63) is 149 Å². The van der Waals surface area contributed by atoms with Crippen molar-refractivity contribution >= 4 is 35.4 Å². The van der Waals surface area contributed by atoms with Crippen LogP contribution in [0.15, 0.2) is 115 Å². The summed E-state index contributed by atoms with van der Waals surface area (Å²) in [6.45, 7) is 1.94. The number of nitrogens with one attached hydrogen (secondary N) is 2. The molecule has 38 heavy (non-hydrogen) atoms. The molecule has 6 heteroatoms. The van der Waals surface area contributed by atoms with Gasteiger partial charge >= 0.3 is 0 Å². The minimum absolute atomic E-state index is 0.0758. The molecule has 4 aromatic rings. The van der Waals surface area contributed by atoms with Crippen LogP contribution >= 0.6 is 0 Å². The van der Waals surface area contributed by atoms with Crippen LogP contribution in [0.2, 0.25) is 0 Å². The molecule has 0 saturated carbocycles. The van der Waals surface area contributed by atoms with Crippen molar-refractivity contribution in [3.8, 4) is 0 Å². The van der Waals surface area contributed by atoms with E-state index >= 15 is 0 Å². The molecule has 0 aliphatic rings. The van der Waals surface area contributed by atoms with Crippen LogP contribution in [0, 0.1) is 12.7 Å². The van der Waals surface area contributed by atoms with Crippen LogP contribution in [-0.4, -0.2) is 17.6 Å². The first-order valence-electron chi connectivity index (χ1n) is 11.9. The Bertz CT molecular complexity index is 1510. The lowest BCUT2D eigenvalue weighted by atomic mass is 10.1. The highest BCUT2D eigenvalue weighted by Gasteiger charge is 2.15. The van der Waals surface area contributed by atoms with Crippen LogP contribution in [0.3, 0.4) is 0 Å². The molecule has 0 bridgehead atoms. The van der Waals surface area contributed by atoms with E-state index in [-0.39, 0.29) is 17.3 Å². The maximum absolute atomic E-state index is 13.2. The molecule has 0 spiro atoms. The van der Waals surface area contributed by atoms with E-state index in [1.807, 2.05) is 31.2 Å². The Kier molecular flexibility index (Phi) is 8.36. The highest BCUT2D eigenvalue weighted by molar-refractivity contribution is 6.11. The number of allylic oxidation sites excluding steroid dienone is 1. The van der Waals surface area contributed by atoms with Crippen molar-refractivity contribution in [2.75, 3.05) is 5.32 Å². The lowest BCUT2D eigenvalue weighted by Crippen LogP contribution is -2.30. The van der Waals surface area contributed by atoms with Gasteiger partial charge in [-0.05, 0) is 78.7 Å². The van der Waals surface area contributed by atoms with Gasteiger partial charge in [-0.1, -0.05) is 66.2 Å². The second kappa shape index (κ2) is 12.2. The third-order valence-corrected chi connectivity index (χ3v) is 5.61. The summed E-state index contributed by atoms with van der Waals surface area (Å²) in [5.41, 5.74) is 3.86. The molecular weight excluding hydrogens is 479 g/mol. The summed E-state index contributed by atoms with van der Waals surface area (Å²) in [6.07, 6.45) is 4.62. The van der Waals surface area contributed by atoms with E-state index in [1.54, 1.807) is 78.9 Å². The quantitative estimate of drug-likeness (QED) is 0.214. The Morgan fingerprint density at radius 3 is 2.13 bits per heavy atom. The molecule has 0 saturated heterocycles. The summed E-state index contributed by atoms with van der Waals surface area (Å²) in [7, 11) is 0. The number of hydrogen-bond donors (Lipinski definition) is 2. The average molecular weight is 505 g/mol. The lowest BCUT2D eigenvalue weighted by molar-refractivity contribution is -0.113. The SMILES string of the molecule is Cc1cccc(/C=C(\NC(=O)c2ccccc2)C(=O)Nc2ccc(C(=O)/C=C/c3ccc(F)cc3)cc2)c1. The highest BCUT2D eigenvalue weighted by Crippen LogP contribution is 2.15. The molecule has 0 fully saturated rings. The van der Waals surface area contributed by atoms with Crippen molar-refractivity contribution in [1.29, 1.82) is 0 Å². The highest BCUT2D eigenvalue weighted by atomic mass is 19.1. The fourth-order valence-corrected chi connectivity index (χ4v) is 3.63. The molecule has 0 heterocycles. The maximum atomic E-state index is 13.2. The second-order valence-electron chi connectivity index (χ2n) is 8.57. The second-order valence-corrected chi connectivity index (χ2v) is 8.57. The van der Waals surface area contributed by atoms with Gasteiger partial charge in [0.15, 0.2) is 5.78 Å². The molecule has 0 aromatic heterocycles. The van der Waals surface area contributed by atoms with Gasteiger partial charge in [0.1, 0.15) is 11.5 Å². The number of halogens is 1. The zero-order valence-corrected chi connectivity index (χ0v) is 20.6. The summed E-state index contributed by atoms with van der Waals surface area (Å²) in [4.78, 5) is 38.5. The van der Waals surface area contributed by atoms with Crippen LogP contribution in [0.4, 0.5) is 10.1 Å². The monoisotopic (exact) mass is 504 g/mol. The van der Waals surface area contributed by atoms with Gasteiger partial charge in [-0.3, -0.25) is 14.4 Å². The summed E-state index contributed by atoms with van der Waals surface area (Å²) in [6, 6.07) is 28.4. The molecule has 0 atom stereocenters. The molecule has 0 aliphatic carbocycles. The minimum atomic E-state index is -0.508. The number of carbonyl (C=O) groups excluding carboxylic acids is 3. The number of amides is 2.